The number of esters is 1. The lowest BCUT2D eigenvalue weighted by Crippen LogP contribution is -2.28. The van der Waals surface area contributed by atoms with Crippen LogP contribution >= 0.6 is 0 Å². The zero-order chi connectivity index (χ0) is 23.5. The summed E-state index contributed by atoms with van der Waals surface area (Å²) in [6.45, 7) is 8.57. The zero-order valence-electron chi connectivity index (χ0n) is 19.0. The molecule has 1 amide bonds. The lowest BCUT2D eigenvalue weighted by molar-refractivity contribution is -0.145. The maximum atomic E-state index is 13.9. The van der Waals surface area contributed by atoms with Crippen LogP contribution in [0.25, 0.3) is 5.57 Å². The first-order valence-electron chi connectivity index (χ1n) is 10.7. The number of nitrogens with zero attached hydrogens (tertiary/aromatic N) is 1. The summed E-state index contributed by atoms with van der Waals surface area (Å²) in [6.07, 6.45) is 1.57. The predicted molar refractivity (Wildman–Crippen MR) is 121 cm³/mol. The number of amides is 1. The predicted octanol–water partition coefficient (Wildman–Crippen LogP) is 4.62. The number of ether oxygens (including phenoxy) is 3. The normalized spacial score (nSPS) is 11.1. The Balaban J connectivity index is 2.27. The van der Waals surface area contributed by atoms with Crippen LogP contribution in [-0.2, 0) is 20.9 Å². The minimum atomic E-state index is -0.512. The summed E-state index contributed by atoms with van der Waals surface area (Å²) in [6, 6.07) is 11.5. The molecule has 6 nitrogen and oxygen atoms in total. The van der Waals surface area contributed by atoms with Gasteiger partial charge in [-0.3, -0.25) is 4.79 Å². The number of rotatable bonds is 11. The zero-order valence-corrected chi connectivity index (χ0v) is 19.0. The van der Waals surface area contributed by atoms with E-state index in [1.54, 1.807) is 54.3 Å². The van der Waals surface area contributed by atoms with Crippen molar-refractivity contribution in [1.29, 1.82) is 0 Å². The van der Waals surface area contributed by atoms with Gasteiger partial charge in [0.05, 0.1) is 6.61 Å². The largest absolute Gasteiger partial charge is 0.485 e. The third-order valence-corrected chi connectivity index (χ3v) is 4.81. The highest BCUT2D eigenvalue weighted by Gasteiger charge is 2.13. The molecule has 2 aromatic rings. The Bertz CT molecular complexity index is 953. The van der Waals surface area contributed by atoms with Gasteiger partial charge in [-0.15, -0.1) is 0 Å². The molecule has 0 atom stereocenters. The van der Waals surface area contributed by atoms with Gasteiger partial charge in [0.25, 0.3) is 0 Å². The van der Waals surface area contributed by atoms with Gasteiger partial charge in [-0.05, 0) is 57.0 Å². The van der Waals surface area contributed by atoms with E-state index in [1.807, 2.05) is 20.8 Å². The molecule has 0 aliphatic heterocycles. The van der Waals surface area contributed by atoms with Crippen LogP contribution in [0.5, 0.6) is 11.5 Å². The fraction of sp³-hybridized carbons (Fsp3) is 0.360. The van der Waals surface area contributed by atoms with Gasteiger partial charge >= 0.3 is 5.97 Å². The van der Waals surface area contributed by atoms with Crippen molar-refractivity contribution in [2.75, 3.05) is 26.3 Å². The molecule has 0 aliphatic carbocycles. The third-order valence-electron chi connectivity index (χ3n) is 4.81. The Morgan fingerprint density at radius 2 is 1.72 bits per heavy atom. The lowest BCUT2D eigenvalue weighted by atomic mass is 10.1. The van der Waals surface area contributed by atoms with E-state index < -0.39 is 5.97 Å². The second-order valence-corrected chi connectivity index (χ2v) is 6.97. The molecule has 0 spiro atoms. The fourth-order valence-corrected chi connectivity index (χ4v) is 2.99. The van der Waals surface area contributed by atoms with Crippen LogP contribution in [0.2, 0.25) is 0 Å². The highest BCUT2D eigenvalue weighted by molar-refractivity contribution is 5.95. The lowest BCUT2D eigenvalue weighted by Gasteiger charge is -2.17. The molecular formula is C25H30FNO5. The topological polar surface area (TPSA) is 65.1 Å². The summed E-state index contributed by atoms with van der Waals surface area (Å²) < 4.78 is 30.3. The van der Waals surface area contributed by atoms with E-state index in [0.717, 1.165) is 11.1 Å². The number of carbonyl (C=O) groups is 2. The first kappa shape index (κ1) is 24.9. The highest BCUT2D eigenvalue weighted by atomic mass is 19.1. The van der Waals surface area contributed by atoms with Crippen molar-refractivity contribution in [3.63, 3.8) is 0 Å². The smallest absolute Gasteiger partial charge is 0.344 e. The van der Waals surface area contributed by atoms with Crippen molar-refractivity contribution in [2.24, 2.45) is 0 Å². The fourth-order valence-electron chi connectivity index (χ4n) is 2.99. The van der Waals surface area contributed by atoms with Crippen LogP contribution in [0.4, 0.5) is 4.39 Å². The van der Waals surface area contributed by atoms with Crippen molar-refractivity contribution in [3.8, 4) is 11.5 Å². The monoisotopic (exact) mass is 443 g/mol. The molecule has 0 heterocycles. The SMILES string of the molecule is CCOC(=O)COc1cc(/C(C)=C/C(=O)N(CC)CC)ccc1OCc1ccccc1F. The average Bonchev–Trinajstić information content (AvgIpc) is 2.78. The Morgan fingerprint density at radius 3 is 2.38 bits per heavy atom. The van der Waals surface area contributed by atoms with Crippen molar-refractivity contribution < 1.29 is 28.2 Å². The molecule has 0 unspecified atom stereocenters. The van der Waals surface area contributed by atoms with Crippen molar-refractivity contribution in [3.05, 3.63) is 65.5 Å². The van der Waals surface area contributed by atoms with Crippen LogP contribution in [0, 0.1) is 5.82 Å². The summed E-state index contributed by atoms with van der Waals surface area (Å²) in [5, 5.41) is 0. The van der Waals surface area contributed by atoms with E-state index in [9.17, 15) is 14.0 Å². The second kappa shape index (κ2) is 12.5. The maximum Gasteiger partial charge on any atom is 0.344 e. The molecule has 2 aromatic carbocycles. The summed E-state index contributed by atoms with van der Waals surface area (Å²) in [5.74, 6) is -0.311. The van der Waals surface area contributed by atoms with Crippen LogP contribution in [0.15, 0.2) is 48.5 Å². The third kappa shape index (κ3) is 7.11. The number of allylic oxidation sites excluding steroid dienone is 1. The van der Waals surface area contributed by atoms with Gasteiger partial charge in [-0.2, -0.15) is 0 Å². The Hall–Kier alpha value is -3.35. The maximum absolute atomic E-state index is 13.9. The molecule has 172 valence electrons. The minimum Gasteiger partial charge on any atom is -0.485 e. The molecule has 0 fully saturated rings. The quantitative estimate of drug-likeness (QED) is 0.375. The van der Waals surface area contributed by atoms with Gasteiger partial charge in [0.1, 0.15) is 12.4 Å². The van der Waals surface area contributed by atoms with Gasteiger partial charge in [0.15, 0.2) is 18.1 Å². The van der Waals surface area contributed by atoms with E-state index in [2.05, 4.69) is 0 Å². The van der Waals surface area contributed by atoms with E-state index in [1.165, 1.54) is 6.07 Å². The number of carbonyl (C=O) groups excluding carboxylic acids is 2. The molecule has 0 bridgehead atoms. The Kier molecular flexibility index (Phi) is 9.73. The van der Waals surface area contributed by atoms with Crippen molar-refractivity contribution in [1.82, 2.24) is 4.90 Å². The van der Waals surface area contributed by atoms with Crippen LogP contribution in [0.1, 0.15) is 38.8 Å². The van der Waals surface area contributed by atoms with Crippen LogP contribution in [-0.4, -0.2) is 43.1 Å². The van der Waals surface area contributed by atoms with Crippen molar-refractivity contribution in [2.45, 2.75) is 34.3 Å². The van der Waals surface area contributed by atoms with E-state index in [4.69, 9.17) is 14.2 Å². The molecule has 32 heavy (non-hydrogen) atoms. The van der Waals surface area contributed by atoms with Crippen molar-refractivity contribution >= 4 is 17.4 Å². The number of halogens is 1. The highest BCUT2D eigenvalue weighted by Crippen LogP contribution is 2.32. The van der Waals surface area contributed by atoms with E-state index in [0.29, 0.717) is 30.2 Å². The summed E-state index contributed by atoms with van der Waals surface area (Å²) in [4.78, 5) is 25.9. The molecule has 0 saturated heterocycles. The van der Waals surface area contributed by atoms with Gasteiger partial charge in [-0.1, -0.05) is 24.3 Å². The molecule has 0 saturated carbocycles. The standard InChI is InChI=1S/C25H30FNO5/c1-5-27(6-2)24(28)14-18(4)19-12-13-22(23(15-19)32-17-25(29)30-7-3)31-16-20-10-8-9-11-21(20)26/h8-15H,5-7,16-17H2,1-4H3/b18-14+. The minimum absolute atomic E-state index is 0.00292. The Labute approximate surface area is 188 Å². The molecule has 0 aromatic heterocycles. The number of benzene rings is 2. The summed E-state index contributed by atoms with van der Waals surface area (Å²) >= 11 is 0. The second-order valence-electron chi connectivity index (χ2n) is 6.97. The van der Waals surface area contributed by atoms with Gasteiger partial charge in [0, 0.05) is 24.7 Å². The van der Waals surface area contributed by atoms with Gasteiger partial charge in [-0.25, -0.2) is 9.18 Å². The molecular weight excluding hydrogens is 413 g/mol. The first-order valence-corrected chi connectivity index (χ1v) is 10.7. The number of likely N-dealkylation sites (N-methyl/N-ethyl adjacent to an activating group) is 1. The molecule has 2 rings (SSSR count). The van der Waals surface area contributed by atoms with Gasteiger partial charge in [0.2, 0.25) is 5.91 Å². The van der Waals surface area contributed by atoms with Crippen LogP contribution in [0.3, 0.4) is 0 Å². The average molecular weight is 444 g/mol. The summed E-state index contributed by atoms with van der Waals surface area (Å²) in [5.41, 5.74) is 1.87. The van der Waals surface area contributed by atoms with E-state index in [-0.39, 0.29) is 31.5 Å². The molecule has 7 heteroatoms. The number of hydrogen-bond acceptors (Lipinski definition) is 5. The summed E-state index contributed by atoms with van der Waals surface area (Å²) in [7, 11) is 0. The van der Waals surface area contributed by atoms with E-state index >= 15 is 0 Å². The first-order chi connectivity index (χ1) is 15.4. The molecule has 0 aliphatic rings. The molecule has 0 N–H and O–H groups in total. The van der Waals surface area contributed by atoms with Gasteiger partial charge < -0.3 is 19.1 Å². The Morgan fingerprint density at radius 1 is 1.00 bits per heavy atom. The number of hydrogen-bond donors (Lipinski definition) is 0. The molecule has 0 radical (unpaired) electrons. The van der Waals surface area contributed by atoms with Crippen LogP contribution < -0.4 is 9.47 Å².